The summed E-state index contributed by atoms with van der Waals surface area (Å²) in [5, 5.41) is 9.72. The third kappa shape index (κ3) is 2.79. The quantitative estimate of drug-likeness (QED) is 0.888. The van der Waals surface area contributed by atoms with Crippen LogP contribution in [0.5, 0.6) is 0 Å². The first kappa shape index (κ1) is 13.4. The van der Waals surface area contributed by atoms with Crippen molar-refractivity contribution in [1.82, 2.24) is 15.1 Å². The van der Waals surface area contributed by atoms with E-state index in [9.17, 15) is 9.59 Å². The summed E-state index contributed by atoms with van der Waals surface area (Å²) in [7, 11) is 1.83. The van der Waals surface area contributed by atoms with Gasteiger partial charge in [-0.1, -0.05) is 18.2 Å². The third-order valence-electron chi connectivity index (χ3n) is 3.54. The van der Waals surface area contributed by atoms with Gasteiger partial charge in [0.15, 0.2) is 0 Å². The second kappa shape index (κ2) is 5.40. The van der Waals surface area contributed by atoms with Gasteiger partial charge in [0.25, 0.3) is 0 Å². The number of carbonyl (C=O) groups is 2. The van der Waals surface area contributed by atoms with E-state index in [1.54, 1.807) is 10.9 Å². The number of hydrogen-bond acceptors (Lipinski definition) is 3. The second-order valence-corrected chi connectivity index (χ2v) is 5.13. The Hall–Kier alpha value is -2.63. The largest absolute Gasteiger partial charge is 0.351 e. The molecule has 0 saturated carbocycles. The maximum Gasteiger partial charge on any atom is 0.228 e. The van der Waals surface area contributed by atoms with Crippen molar-refractivity contribution in [1.29, 1.82) is 0 Å². The number of anilines is 1. The summed E-state index contributed by atoms with van der Waals surface area (Å²) in [5.41, 5.74) is 2.51. The molecule has 1 aromatic carbocycles. The zero-order chi connectivity index (χ0) is 14.8. The Morgan fingerprint density at radius 3 is 3.05 bits per heavy atom. The first-order valence-corrected chi connectivity index (χ1v) is 6.77. The van der Waals surface area contributed by atoms with Gasteiger partial charge in [-0.15, -0.1) is 0 Å². The molecular weight excluding hydrogens is 268 g/mol. The fourth-order valence-corrected chi connectivity index (χ4v) is 2.52. The second-order valence-electron chi connectivity index (χ2n) is 5.13. The summed E-state index contributed by atoms with van der Waals surface area (Å²) in [5.74, 6) is -0.706. The van der Waals surface area contributed by atoms with E-state index < -0.39 is 5.92 Å². The lowest BCUT2D eigenvalue weighted by atomic mass is 9.90. The van der Waals surface area contributed by atoms with Crippen molar-refractivity contribution in [2.24, 2.45) is 7.05 Å². The van der Waals surface area contributed by atoms with Gasteiger partial charge >= 0.3 is 0 Å². The molecule has 1 aromatic heterocycles. The lowest BCUT2D eigenvalue weighted by Gasteiger charge is -2.24. The number of aryl methyl sites for hydroxylation is 1. The lowest BCUT2D eigenvalue weighted by molar-refractivity contribution is -0.126. The molecule has 2 aromatic rings. The van der Waals surface area contributed by atoms with Crippen LogP contribution in [-0.4, -0.2) is 21.6 Å². The fourth-order valence-electron chi connectivity index (χ4n) is 2.52. The van der Waals surface area contributed by atoms with Crippen LogP contribution in [0, 0.1) is 0 Å². The van der Waals surface area contributed by atoms with Gasteiger partial charge in [-0.2, -0.15) is 5.10 Å². The van der Waals surface area contributed by atoms with Crippen molar-refractivity contribution in [3.05, 3.63) is 47.8 Å². The van der Waals surface area contributed by atoms with Crippen molar-refractivity contribution >= 4 is 17.5 Å². The molecule has 108 valence electrons. The van der Waals surface area contributed by atoms with E-state index in [4.69, 9.17) is 0 Å². The first-order valence-electron chi connectivity index (χ1n) is 6.77. The summed E-state index contributed by atoms with van der Waals surface area (Å²) in [6, 6.07) is 7.41. The zero-order valence-corrected chi connectivity index (χ0v) is 11.7. The maximum atomic E-state index is 12.4. The van der Waals surface area contributed by atoms with Crippen LogP contribution in [0.3, 0.4) is 0 Å². The van der Waals surface area contributed by atoms with Gasteiger partial charge in [0.1, 0.15) is 0 Å². The molecule has 6 heteroatoms. The first-order chi connectivity index (χ1) is 10.1. The van der Waals surface area contributed by atoms with Gasteiger partial charge in [-0.3, -0.25) is 14.3 Å². The molecule has 2 heterocycles. The summed E-state index contributed by atoms with van der Waals surface area (Å²) in [6.45, 7) is 0.410. The predicted molar refractivity (Wildman–Crippen MR) is 77.5 cm³/mol. The Bertz CT molecular complexity index is 692. The van der Waals surface area contributed by atoms with Gasteiger partial charge in [0.05, 0.1) is 12.1 Å². The Kier molecular flexibility index (Phi) is 3.43. The SMILES string of the molecule is Cn1cc(CNC(=O)C2CC(=O)Nc3ccccc32)cn1. The Labute approximate surface area is 122 Å². The number of para-hydroxylation sites is 1. The standard InChI is InChI=1S/C15H16N4O2/c1-19-9-10(8-17-19)7-16-15(21)12-6-14(20)18-13-5-3-2-4-11(12)13/h2-5,8-9,12H,6-7H2,1H3,(H,16,21)(H,18,20). The monoisotopic (exact) mass is 284 g/mol. The van der Waals surface area contributed by atoms with Crippen LogP contribution < -0.4 is 10.6 Å². The number of nitrogens with one attached hydrogen (secondary N) is 2. The van der Waals surface area contributed by atoms with Crippen LogP contribution in [0.2, 0.25) is 0 Å². The smallest absolute Gasteiger partial charge is 0.228 e. The van der Waals surface area contributed by atoms with Gasteiger partial charge < -0.3 is 10.6 Å². The summed E-state index contributed by atoms with van der Waals surface area (Å²) in [4.78, 5) is 24.1. The van der Waals surface area contributed by atoms with Gasteiger partial charge in [0, 0.05) is 37.5 Å². The van der Waals surface area contributed by atoms with Gasteiger partial charge in [0.2, 0.25) is 11.8 Å². The molecule has 0 saturated heterocycles. The molecule has 3 rings (SSSR count). The molecule has 0 bridgehead atoms. The van der Waals surface area contributed by atoms with Crippen LogP contribution in [0.25, 0.3) is 0 Å². The number of benzene rings is 1. The lowest BCUT2D eigenvalue weighted by Crippen LogP contribution is -2.34. The minimum Gasteiger partial charge on any atom is -0.351 e. The van der Waals surface area contributed by atoms with E-state index in [0.29, 0.717) is 6.54 Å². The molecule has 1 unspecified atom stereocenters. The molecule has 1 atom stereocenters. The van der Waals surface area contributed by atoms with E-state index in [-0.39, 0.29) is 18.2 Å². The topological polar surface area (TPSA) is 76.0 Å². The Balaban J connectivity index is 1.74. The highest BCUT2D eigenvalue weighted by Crippen LogP contribution is 2.31. The van der Waals surface area contributed by atoms with Crippen molar-refractivity contribution in [2.75, 3.05) is 5.32 Å². The van der Waals surface area contributed by atoms with Gasteiger partial charge in [-0.25, -0.2) is 0 Å². The van der Waals surface area contributed by atoms with Crippen LogP contribution in [0.1, 0.15) is 23.5 Å². The number of fused-ring (bicyclic) bond motifs is 1. The molecule has 0 radical (unpaired) electrons. The van der Waals surface area contributed by atoms with Crippen LogP contribution in [-0.2, 0) is 23.2 Å². The minimum atomic E-state index is -0.438. The van der Waals surface area contributed by atoms with Crippen molar-refractivity contribution in [2.45, 2.75) is 18.9 Å². The van der Waals surface area contributed by atoms with Crippen LogP contribution in [0.4, 0.5) is 5.69 Å². The predicted octanol–water partition coefficient (Wildman–Crippen LogP) is 1.16. The number of carbonyl (C=O) groups excluding carboxylic acids is 2. The molecule has 21 heavy (non-hydrogen) atoms. The Morgan fingerprint density at radius 1 is 1.48 bits per heavy atom. The van der Waals surface area contributed by atoms with E-state index in [1.807, 2.05) is 37.5 Å². The molecule has 2 amide bonds. The normalized spacial score (nSPS) is 17.0. The summed E-state index contributed by atoms with van der Waals surface area (Å²) in [6.07, 6.45) is 3.74. The number of aromatic nitrogens is 2. The molecule has 1 aliphatic heterocycles. The molecule has 0 aliphatic carbocycles. The van der Waals surface area contributed by atoms with Crippen LogP contribution in [0.15, 0.2) is 36.7 Å². The number of hydrogen-bond donors (Lipinski definition) is 2. The number of amides is 2. The fraction of sp³-hybridized carbons (Fsp3) is 0.267. The van der Waals surface area contributed by atoms with E-state index >= 15 is 0 Å². The highest BCUT2D eigenvalue weighted by molar-refractivity contribution is 6.01. The number of nitrogens with zero attached hydrogens (tertiary/aromatic N) is 2. The molecule has 0 spiro atoms. The van der Waals surface area contributed by atoms with E-state index in [2.05, 4.69) is 15.7 Å². The summed E-state index contributed by atoms with van der Waals surface area (Å²) < 4.78 is 1.69. The Morgan fingerprint density at radius 2 is 2.29 bits per heavy atom. The molecule has 2 N–H and O–H groups in total. The minimum absolute atomic E-state index is 0.129. The van der Waals surface area contributed by atoms with E-state index in [1.165, 1.54) is 0 Å². The third-order valence-corrected chi connectivity index (χ3v) is 3.54. The maximum absolute atomic E-state index is 12.4. The van der Waals surface area contributed by atoms with Crippen molar-refractivity contribution < 1.29 is 9.59 Å². The highest BCUT2D eigenvalue weighted by atomic mass is 16.2. The average Bonchev–Trinajstić information content (AvgIpc) is 2.89. The molecule has 0 fully saturated rings. The highest BCUT2D eigenvalue weighted by Gasteiger charge is 2.30. The zero-order valence-electron chi connectivity index (χ0n) is 11.7. The van der Waals surface area contributed by atoms with Crippen molar-refractivity contribution in [3.63, 3.8) is 0 Å². The van der Waals surface area contributed by atoms with Crippen molar-refractivity contribution in [3.8, 4) is 0 Å². The molecular formula is C15H16N4O2. The molecule has 1 aliphatic rings. The molecule has 6 nitrogen and oxygen atoms in total. The van der Waals surface area contributed by atoms with E-state index in [0.717, 1.165) is 16.8 Å². The number of rotatable bonds is 3. The summed E-state index contributed by atoms with van der Waals surface area (Å²) >= 11 is 0. The average molecular weight is 284 g/mol. The van der Waals surface area contributed by atoms with Crippen LogP contribution >= 0.6 is 0 Å². The van der Waals surface area contributed by atoms with Gasteiger partial charge in [-0.05, 0) is 11.6 Å².